The van der Waals surface area contributed by atoms with Crippen LogP contribution in [0.4, 0.5) is 16.2 Å². The summed E-state index contributed by atoms with van der Waals surface area (Å²) < 4.78 is 1.74. The van der Waals surface area contributed by atoms with Crippen LogP contribution in [0.5, 0.6) is 0 Å². The Hall–Kier alpha value is -2.04. The number of carbonyl (C=O) groups is 1. The first-order valence-corrected chi connectivity index (χ1v) is 10.8. The second-order valence-electron chi connectivity index (χ2n) is 7.08. The van der Waals surface area contributed by atoms with Gasteiger partial charge >= 0.3 is 6.03 Å². The number of hydrogen-bond acceptors (Lipinski definition) is 3. The molecule has 146 valence electrons. The minimum Gasteiger partial charge on any atom is -0.368 e. The van der Waals surface area contributed by atoms with E-state index in [9.17, 15) is 4.79 Å². The average Bonchev–Trinajstić information content (AvgIpc) is 2.70. The van der Waals surface area contributed by atoms with Gasteiger partial charge in [0, 0.05) is 40.8 Å². The zero-order chi connectivity index (χ0) is 20.3. The van der Waals surface area contributed by atoms with Crippen molar-refractivity contribution >= 4 is 49.3 Å². The van der Waals surface area contributed by atoms with Crippen molar-refractivity contribution in [3.63, 3.8) is 0 Å². The quantitative estimate of drug-likeness (QED) is 0.593. The summed E-state index contributed by atoms with van der Waals surface area (Å²) in [7, 11) is 0. The first-order chi connectivity index (χ1) is 13.4. The highest BCUT2D eigenvalue weighted by atomic mass is 79.9. The van der Waals surface area contributed by atoms with Crippen LogP contribution in [-0.2, 0) is 0 Å². The van der Waals surface area contributed by atoms with Crippen molar-refractivity contribution in [3.8, 4) is 6.07 Å². The number of nitrogens with one attached hydrogen (secondary N) is 1. The number of benzene rings is 2. The lowest BCUT2D eigenvalue weighted by Crippen LogP contribution is -2.50. The Balaban J connectivity index is 1.62. The number of rotatable bonds is 3. The number of carbonyl (C=O) groups excluding carboxylic acids is 1. The zero-order valence-corrected chi connectivity index (χ0v) is 19.0. The number of anilines is 2. The molecule has 2 amide bonds. The van der Waals surface area contributed by atoms with Crippen molar-refractivity contribution in [2.45, 2.75) is 19.8 Å². The molecule has 2 aromatic carbocycles. The lowest BCUT2D eigenvalue weighted by atomic mass is 10.0. The van der Waals surface area contributed by atoms with Gasteiger partial charge in [-0.15, -0.1) is 0 Å². The van der Waals surface area contributed by atoms with Gasteiger partial charge in [0.2, 0.25) is 0 Å². The Labute approximate surface area is 182 Å². The molecule has 1 aliphatic rings. The highest BCUT2D eigenvalue weighted by molar-refractivity contribution is 9.11. The highest BCUT2D eigenvalue weighted by Crippen LogP contribution is 2.35. The molecule has 7 heteroatoms. The van der Waals surface area contributed by atoms with Crippen molar-refractivity contribution in [3.05, 3.63) is 56.5 Å². The van der Waals surface area contributed by atoms with Gasteiger partial charge in [0.25, 0.3) is 0 Å². The Morgan fingerprint density at radius 3 is 2.14 bits per heavy atom. The van der Waals surface area contributed by atoms with Gasteiger partial charge in [-0.2, -0.15) is 5.26 Å². The minimum absolute atomic E-state index is 0.0989. The molecule has 0 aromatic heterocycles. The third-order valence-electron chi connectivity index (χ3n) is 4.89. The first kappa shape index (κ1) is 20.7. The molecule has 5 nitrogen and oxygen atoms in total. The van der Waals surface area contributed by atoms with E-state index in [2.05, 4.69) is 62.0 Å². The largest absolute Gasteiger partial charge is 0.368 e. The molecule has 0 bridgehead atoms. The van der Waals surface area contributed by atoms with Crippen molar-refractivity contribution < 1.29 is 4.79 Å². The van der Waals surface area contributed by atoms with Gasteiger partial charge in [0.05, 0.1) is 17.3 Å². The van der Waals surface area contributed by atoms with Gasteiger partial charge in [-0.25, -0.2) is 4.79 Å². The number of halogens is 2. The van der Waals surface area contributed by atoms with Crippen LogP contribution < -0.4 is 10.2 Å². The summed E-state index contributed by atoms with van der Waals surface area (Å²) in [4.78, 5) is 16.8. The lowest BCUT2D eigenvalue weighted by molar-refractivity contribution is 0.208. The molecular formula is C21H22Br2N4O. The molecule has 1 aliphatic heterocycles. The van der Waals surface area contributed by atoms with Gasteiger partial charge in [-0.05, 0) is 79.7 Å². The van der Waals surface area contributed by atoms with Crippen molar-refractivity contribution in [1.29, 1.82) is 5.26 Å². The highest BCUT2D eigenvalue weighted by Gasteiger charge is 2.22. The van der Waals surface area contributed by atoms with Crippen molar-refractivity contribution in [1.82, 2.24) is 4.90 Å². The summed E-state index contributed by atoms with van der Waals surface area (Å²) in [6.45, 7) is 7.08. The predicted molar refractivity (Wildman–Crippen MR) is 120 cm³/mol. The predicted octanol–water partition coefficient (Wildman–Crippen LogP) is 5.56. The summed E-state index contributed by atoms with van der Waals surface area (Å²) in [5, 5.41) is 11.9. The molecule has 2 aromatic rings. The standard InChI is InChI=1S/C21H22Br2N4O/c1-14(2)16-11-18(22)20(19(23)12-16)25-21(28)27-9-7-26(8-10-27)17-5-3-15(13-24)4-6-17/h3-6,11-12,14H,7-10H2,1-2H3,(H,25,28). The summed E-state index contributed by atoms with van der Waals surface area (Å²) in [5.41, 5.74) is 3.69. The SMILES string of the molecule is CC(C)c1cc(Br)c(NC(=O)N2CCN(c3ccc(C#N)cc3)CC2)c(Br)c1. The van der Waals surface area contributed by atoms with Crippen molar-refractivity contribution in [2.75, 3.05) is 36.4 Å². The van der Waals surface area contributed by atoms with E-state index in [4.69, 9.17) is 5.26 Å². The molecule has 1 N–H and O–H groups in total. The number of piperazine rings is 1. The monoisotopic (exact) mass is 504 g/mol. The van der Waals surface area contributed by atoms with E-state index in [0.717, 1.165) is 33.4 Å². The molecule has 28 heavy (non-hydrogen) atoms. The maximum absolute atomic E-state index is 12.7. The molecular weight excluding hydrogens is 484 g/mol. The van der Waals surface area contributed by atoms with Crippen molar-refractivity contribution in [2.24, 2.45) is 0 Å². The Kier molecular flexibility index (Phi) is 6.63. The maximum atomic E-state index is 12.7. The number of nitriles is 1. The summed E-state index contributed by atoms with van der Waals surface area (Å²) >= 11 is 7.15. The van der Waals surface area contributed by atoms with Crippen LogP contribution in [0.3, 0.4) is 0 Å². The van der Waals surface area contributed by atoms with E-state index in [-0.39, 0.29) is 6.03 Å². The Morgan fingerprint density at radius 2 is 1.64 bits per heavy atom. The second-order valence-corrected chi connectivity index (χ2v) is 8.79. The summed E-state index contributed by atoms with van der Waals surface area (Å²) in [6.07, 6.45) is 0. The van der Waals surface area contributed by atoms with Gasteiger partial charge < -0.3 is 15.1 Å². The van der Waals surface area contributed by atoms with Crippen LogP contribution in [0.25, 0.3) is 0 Å². The summed E-state index contributed by atoms with van der Waals surface area (Å²) in [5.74, 6) is 0.410. The fourth-order valence-corrected chi connectivity index (χ4v) is 4.57. The number of nitrogens with zero attached hydrogens (tertiary/aromatic N) is 3. The van der Waals surface area contributed by atoms with E-state index in [1.165, 1.54) is 5.56 Å². The van der Waals surface area contributed by atoms with Gasteiger partial charge in [0.1, 0.15) is 0 Å². The molecule has 0 saturated carbocycles. The van der Waals surface area contributed by atoms with Crippen LogP contribution in [0, 0.1) is 11.3 Å². The van der Waals surface area contributed by atoms with Gasteiger partial charge in [-0.1, -0.05) is 13.8 Å². The molecule has 1 fully saturated rings. The Morgan fingerprint density at radius 1 is 1.07 bits per heavy atom. The Bertz CT molecular complexity index is 875. The molecule has 0 spiro atoms. The molecule has 1 saturated heterocycles. The first-order valence-electron chi connectivity index (χ1n) is 9.19. The molecule has 0 aliphatic carbocycles. The normalized spacial score (nSPS) is 14.1. The van der Waals surface area contributed by atoms with Crippen LogP contribution in [0.1, 0.15) is 30.9 Å². The second kappa shape index (κ2) is 8.97. The number of amides is 2. The molecule has 3 rings (SSSR count). The third-order valence-corrected chi connectivity index (χ3v) is 6.14. The smallest absolute Gasteiger partial charge is 0.322 e. The van der Waals surface area contributed by atoms with Gasteiger partial charge in [0.15, 0.2) is 0 Å². The fraction of sp³-hybridized carbons (Fsp3) is 0.333. The van der Waals surface area contributed by atoms with Crippen LogP contribution >= 0.6 is 31.9 Å². The topological polar surface area (TPSA) is 59.4 Å². The van der Waals surface area contributed by atoms with E-state index >= 15 is 0 Å². The maximum Gasteiger partial charge on any atom is 0.322 e. The summed E-state index contributed by atoms with van der Waals surface area (Å²) in [6, 6.07) is 13.7. The molecule has 0 radical (unpaired) electrons. The fourth-order valence-electron chi connectivity index (χ4n) is 3.15. The van der Waals surface area contributed by atoms with E-state index in [1.54, 1.807) is 0 Å². The van der Waals surface area contributed by atoms with Crippen LogP contribution in [0.2, 0.25) is 0 Å². The minimum atomic E-state index is -0.0989. The number of urea groups is 1. The average molecular weight is 506 g/mol. The van der Waals surface area contributed by atoms with E-state index < -0.39 is 0 Å². The number of hydrogen-bond donors (Lipinski definition) is 1. The molecule has 1 heterocycles. The zero-order valence-electron chi connectivity index (χ0n) is 15.9. The van der Waals surface area contributed by atoms with E-state index in [0.29, 0.717) is 24.6 Å². The third kappa shape index (κ3) is 4.68. The molecule has 0 unspecified atom stereocenters. The molecule has 0 atom stereocenters. The van der Waals surface area contributed by atoms with Crippen LogP contribution in [-0.4, -0.2) is 37.1 Å². The lowest BCUT2D eigenvalue weighted by Gasteiger charge is -2.36. The van der Waals surface area contributed by atoms with E-state index in [1.807, 2.05) is 41.3 Å². The van der Waals surface area contributed by atoms with Crippen LogP contribution in [0.15, 0.2) is 45.3 Å². The van der Waals surface area contributed by atoms with Gasteiger partial charge in [-0.3, -0.25) is 0 Å².